The van der Waals surface area contributed by atoms with E-state index in [2.05, 4.69) is 15.5 Å². The summed E-state index contributed by atoms with van der Waals surface area (Å²) in [6, 6.07) is 11.1. The molecule has 1 aromatic carbocycles. The molecule has 0 aliphatic rings. The lowest BCUT2D eigenvalue weighted by Gasteiger charge is -2.17. The molecule has 0 aliphatic carbocycles. The first kappa shape index (κ1) is 15.0. The van der Waals surface area contributed by atoms with Crippen LogP contribution in [0.1, 0.15) is 35.4 Å². The Labute approximate surface area is 134 Å². The van der Waals surface area contributed by atoms with E-state index < -0.39 is 0 Å². The number of hydrogen-bond acceptors (Lipinski definition) is 3. The number of rotatable bonds is 5. The predicted molar refractivity (Wildman–Crippen MR) is 87.3 cm³/mol. The summed E-state index contributed by atoms with van der Waals surface area (Å²) in [6.45, 7) is 2.04. The van der Waals surface area contributed by atoms with Gasteiger partial charge in [0.05, 0.1) is 17.4 Å². The second kappa shape index (κ2) is 6.48. The zero-order chi connectivity index (χ0) is 16.2. The van der Waals surface area contributed by atoms with Gasteiger partial charge in [0.25, 0.3) is 5.91 Å². The zero-order valence-electron chi connectivity index (χ0n) is 13.2. The molecule has 0 saturated carbocycles. The molecule has 0 fully saturated rings. The molecular formula is C17H19N5O. The first-order valence-corrected chi connectivity index (χ1v) is 7.58. The van der Waals surface area contributed by atoms with E-state index in [9.17, 15) is 4.79 Å². The van der Waals surface area contributed by atoms with Crippen LogP contribution in [0.5, 0.6) is 0 Å². The molecule has 1 atom stereocenters. The average molecular weight is 309 g/mol. The van der Waals surface area contributed by atoms with E-state index in [0.29, 0.717) is 5.56 Å². The van der Waals surface area contributed by atoms with Crippen molar-refractivity contribution in [1.29, 1.82) is 0 Å². The van der Waals surface area contributed by atoms with Crippen molar-refractivity contribution in [2.24, 2.45) is 7.05 Å². The van der Waals surface area contributed by atoms with Crippen molar-refractivity contribution in [2.75, 3.05) is 0 Å². The lowest BCUT2D eigenvalue weighted by Crippen LogP contribution is -2.29. The number of carbonyl (C=O) groups is 1. The number of nitrogens with one attached hydrogen (secondary N) is 1. The lowest BCUT2D eigenvalue weighted by molar-refractivity contribution is 0.0934. The van der Waals surface area contributed by atoms with Crippen LogP contribution in [-0.2, 0) is 7.05 Å². The minimum absolute atomic E-state index is 0.0663. The molecule has 0 spiro atoms. The van der Waals surface area contributed by atoms with Crippen LogP contribution in [0.4, 0.5) is 0 Å². The monoisotopic (exact) mass is 309 g/mol. The van der Waals surface area contributed by atoms with Crippen molar-refractivity contribution >= 4 is 5.91 Å². The second-order valence-electron chi connectivity index (χ2n) is 5.31. The van der Waals surface area contributed by atoms with Crippen molar-refractivity contribution in [3.05, 3.63) is 66.2 Å². The van der Waals surface area contributed by atoms with E-state index in [1.165, 1.54) is 0 Å². The molecule has 1 amide bonds. The van der Waals surface area contributed by atoms with Gasteiger partial charge in [-0.25, -0.2) is 4.68 Å². The SMILES string of the molecule is CC[C@H](NC(=O)c1cccc(-n2cccn2)c1)c1ccnn1C. The van der Waals surface area contributed by atoms with Gasteiger partial charge in [0.2, 0.25) is 0 Å². The highest BCUT2D eigenvalue weighted by atomic mass is 16.1. The van der Waals surface area contributed by atoms with Crippen molar-refractivity contribution in [3.8, 4) is 5.69 Å². The fraction of sp³-hybridized carbons (Fsp3) is 0.235. The average Bonchev–Trinajstić information content (AvgIpc) is 3.24. The Morgan fingerprint density at radius 1 is 1.22 bits per heavy atom. The molecular weight excluding hydrogens is 290 g/mol. The zero-order valence-corrected chi connectivity index (χ0v) is 13.2. The maximum absolute atomic E-state index is 12.6. The van der Waals surface area contributed by atoms with Crippen molar-refractivity contribution in [1.82, 2.24) is 24.9 Å². The van der Waals surface area contributed by atoms with Crippen molar-refractivity contribution < 1.29 is 4.79 Å². The molecule has 0 aliphatic heterocycles. The van der Waals surface area contributed by atoms with Crippen molar-refractivity contribution in [2.45, 2.75) is 19.4 Å². The Balaban J connectivity index is 1.80. The van der Waals surface area contributed by atoms with Gasteiger partial charge in [-0.15, -0.1) is 0 Å². The number of aryl methyl sites for hydroxylation is 1. The van der Waals surface area contributed by atoms with Crippen LogP contribution in [0, 0.1) is 0 Å². The maximum Gasteiger partial charge on any atom is 0.251 e. The van der Waals surface area contributed by atoms with Crippen LogP contribution in [0.25, 0.3) is 5.69 Å². The first-order valence-electron chi connectivity index (χ1n) is 7.58. The standard InChI is InChI=1S/C17H19N5O/c1-3-15(16-8-10-18-21(16)2)20-17(23)13-6-4-7-14(12-13)22-11-5-9-19-22/h4-12,15H,3H2,1-2H3,(H,20,23)/t15-/m0/s1. The van der Waals surface area contributed by atoms with E-state index in [1.807, 2.05) is 50.5 Å². The van der Waals surface area contributed by atoms with Crippen LogP contribution in [-0.4, -0.2) is 25.5 Å². The molecule has 2 heterocycles. The molecule has 118 valence electrons. The molecule has 3 aromatic rings. The molecule has 0 saturated heterocycles. The topological polar surface area (TPSA) is 64.7 Å². The van der Waals surface area contributed by atoms with Crippen LogP contribution in [0.3, 0.4) is 0 Å². The van der Waals surface area contributed by atoms with Gasteiger partial charge in [0, 0.05) is 31.2 Å². The Kier molecular flexibility index (Phi) is 4.23. The molecule has 6 heteroatoms. The summed E-state index contributed by atoms with van der Waals surface area (Å²) in [4.78, 5) is 12.6. The Morgan fingerprint density at radius 3 is 2.74 bits per heavy atom. The van der Waals surface area contributed by atoms with Gasteiger partial charge < -0.3 is 5.32 Å². The van der Waals surface area contributed by atoms with Crippen LogP contribution in [0.2, 0.25) is 0 Å². The number of aromatic nitrogens is 4. The molecule has 2 aromatic heterocycles. The highest BCUT2D eigenvalue weighted by molar-refractivity contribution is 5.95. The summed E-state index contributed by atoms with van der Waals surface area (Å²) in [5.74, 6) is -0.105. The predicted octanol–water partition coefficient (Wildman–Crippen LogP) is 2.49. The largest absolute Gasteiger partial charge is 0.344 e. The Bertz CT molecular complexity index is 791. The Hall–Kier alpha value is -2.89. The number of nitrogens with zero attached hydrogens (tertiary/aromatic N) is 4. The molecule has 1 N–H and O–H groups in total. The number of hydrogen-bond donors (Lipinski definition) is 1. The number of amides is 1. The van der Waals surface area contributed by atoms with Gasteiger partial charge >= 0.3 is 0 Å². The van der Waals surface area contributed by atoms with Gasteiger partial charge in [0.1, 0.15) is 0 Å². The number of carbonyl (C=O) groups excluding carboxylic acids is 1. The summed E-state index contributed by atoms with van der Waals surface area (Å²) in [7, 11) is 1.88. The maximum atomic E-state index is 12.6. The number of benzene rings is 1. The first-order chi connectivity index (χ1) is 11.2. The third-order valence-electron chi connectivity index (χ3n) is 3.81. The third kappa shape index (κ3) is 3.15. The van der Waals surface area contributed by atoms with Gasteiger partial charge in [-0.05, 0) is 36.8 Å². The third-order valence-corrected chi connectivity index (χ3v) is 3.81. The van der Waals surface area contributed by atoms with Gasteiger partial charge in [-0.1, -0.05) is 13.0 Å². The van der Waals surface area contributed by atoms with Gasteiger partial charge in [0.15, 0.2) is 0 Å². The van der Waals surface area contributed by atoms with E-state index >= 15 is 0 Å². The van der Waals surface area contributed by atoms with Crippen LogP contribution >= 0.6 is 0 Å². The molecule has 23 heavy (non-hydrogen) atoms. The van der Waals surface area contributed by atoms with E-state index in [4.69, 9.17) is 0 Å². The summed E-state index contributed by atoms with van der Waals surface area (Å²) < 4.78 is 3.52. The minimum Gasteiger partial charge on any atom is -0.344 e. The van der Waals surface area contributed by atoms with Crippen LogP contribution in [0.15, 0.2) is 55.0 Å². The molecule has 6 nitrogen and oxygen atoms in total. The summed E-state index contributed by atoms with van der Waals surface area (Å²) >= 11 is 0. The van der Waals surface area contributed by atoms with Crippen LogP contribution < -0.4 is 5.32 Å². The van der Waals surface area contributed by atoms with Crippen molar-refractivity contribution in [3.63, 3.8) is 0 Å². The summed E-state index contributed by atoms with van der Waals surface area (Å²) in [6.07, 6.45) is 6.09. The van der Waals surface area contributed by atoms with E-state index in [0.717, 1.165) is 17.8 Å². The quantitative estimate of drug-likeness (QED) is 0.787. The van der Waals surface area contributed by atoms with E-state index in [-0.39, 0.29) is 11.9 Å². The van der Waals surface area contributed by atoms with Gasteiger partial charge in [-0.2, -0.15) is 10.2 Å². The summed E-state index contributed by atoms with van der Waals surface area (Å²) in [5, 5.41) is 11.4. The minimum atomic E-state index is -0.105. The molecule has 0 bridgehead atoms. The fourth-order valence-electron chi connectivity index (χ4n) is 2.56. The molecule has 0 unspecified atom stereocenters. The summed E-state index contributed by atoms with van der Waals surface area (Å²) in [5.41, 5.74) is 2.46. The Morgan fingerprint density at radius 2 is 2.09 bits per heavy atom. The highest BCUT2D eigenvalue weighted by Crippen LogP contribution is 2.17. The molecule has 0 radical (unpaired) electrons. The fourth-order valence-corrected chi connectivity index (χ4v) is 2.56. The lowest BCUT2D eigenvalue weighted by atomic mass is 10.1. The van der Waals surface area contributed by atoms with E-state index in [1.54, 1.807) is 27.8 Å². The molecule has 3 rings (SSSR count). The van der Waals surface area contributed by atoms with Gasteiger partial charge in [-0.3, -0.25) is 9.48 Å². The smallest absolute Gasteiger partial charge is 0.251 e. The normalized spacial score (nSPS) is 12.1. The second-order valence-corrected chi connectivity index (χ2v) is 5.31. The highest BCUT2D eigenvalue weighted by Gasteiger charge is 2.17.